The van der Waals surface area contributed by atoms with Crippen LogP contribution < -0.4 is 5.32 Å². The molecule has 4 nitrogen and oxygen atoms in total. The number of carbonyl (C=O) groups excluding carboxylic acids is 2. The fourth-order valence-corrected chi connectivity index (χ4v) is 4.94. The first-order valence-electron chi connectivity index (χ1n) is 9.40. The van der Waals surface area contributed by atoms with Crippen LogP contribution in [0.5, 0.6) is 0 Å². The van der Waals surface area contributed by atoms with Crippen LogP contribution in [0.2, 0.25) is 0 Å². The monoisotopic (exact) mass is 326 g/mol. The van der Waals surface area contributed by atoms with Crippen LogP contribution in [0.15, 0.2) is 30.3 Å². The molecule has 1 aromatic carbocycles. The summed E-state index contributed by atoms with van der Waals surface area (Å²) >= 11 is 0. The van der Waals surface area contributed by atoms with Gasteiger partial charge in [-0.25, -0.2) is 0 Å². The molecular weight excluding hydrogens is 300 g/mol. The number of benzene rings is 1. The fourth-order valence-electron chi connectivity index (χ4n) is 4.94. The summed E-state index contributed by atoms with van der Waals surface area (Å²) in [4.78, 5) is 28.3. The molecule has 1 aliphatic heterocycles. The maximum Gasteiger partial charge on any atom is 0.262 e. The molecule has 3 aliphatic rings. The normalized spacial score (nSPS) is 25.3. The van der Waals surface area contributed by atoms with E-state index < -0.39 is 11.2 Å². The highest BCUT2D eigenvalue weighted by molar-refractivity contribution is 6.09. The predicted molar refractivity (Wildman–Crippen MR) is 92.4 cm³/mol. The van der Waals surface area contributed by atoms with Crippen molar-refractivity contribution in [2.45, 2.75) is 75.4 Å². The van der Waals surface area contributed by atoms with Crippen molar-refractivity contribution >= 4 is 11.8 Å². The molecule has 2 aliphatic carbocycles. The molecule has 0 unspecified atom stereocenters. The predicted octanol–water partition coefficient (Wildman–Crippen LogP) is 3.62. The molecule has 2 amide bonds. The van der Waals surface area contributed by atoms with Gasteiger partial charge in [-0.05, 0) is 50.7 Å². The Kier molecular flexibility index (Phi) is 3.95. The van der Waals surface area contributed by atoms with Crippen molar-refractivity contribution < 1.29 is 9.59 Å². The average Bonchev–Trinajstić information content (AvgIpc) is 2.84. The topological polar surface area (TPSA) is 49.4 Å². The summed E-state index contributed by atoms with van der Waals surface area (Å²) in [6.45, 7) is 0. The molecule has 0 aromatic heterocycles. The van der Waals surface area contributed by atoms with Crippen molar-refractivity contribution in [3.05, 3.63) is 35.9 Å². The van der Waals surface area contributed by atoms with Crippen molar-refractivity contribution in [3.63, 3.8) is 0 Å². The quantitative estimate of drug-likeness (QED) is 0.802. The molecule has 1 saturated heterocycles. The van der Waals surface area contributed by atoms with E-state index in [1.54, 1.807) is 4.90 Å². The molecule has 2 saturated carbocycles. The Morgan fingerprint density at radius 1 is 0.875 bits per heavy atom. The lowest BCUT2D eigenvalue weighted by atomic mass is 9.81. The second-order valence-corrected chi connectivity index (χ2v) is 7.67. The van der Waals surface area contributed by atoms with Gasteiger partial charge in [0.15, 0.2) is 0 Å². The Morgan fingerprint density at radius 3 is 2.08 bits per heavy atom. The summed E-state index contributed by atoms with van der Waals surface area (Å²) < 4.78 is 0. The number of carbonyl (C=O) groups is 2. The first-order chi connectivity index (χ1) is 11.7. The van der Waals surface area contributed by atoms with Crippen LogP contribution in [0.25, 0.3) is 0 Å². The molecule has 1 aromatic rings. The number of nitrogens with one attached hydrogen (secondary N) is 1. The molecule has 24 heavy (non-hydrogen) atoms. The minimum absolute atomic E-state index is 0.0259. The van der Waals surface area contributed by atoms with E-state index in [1.807, 2.05) is 30.3 Å². The zero-order chi connectivity index (χ0) is 16.6. The number of imide groups is 1. The molecule has 4 heteroatoms. The number of hydrogen-bond donors (Lipinski definition) is 1. The Labute approximate surface area is 143 Å². The van der Waals surface area contributed by atoms with E-state index >= 15 is 0 Å². The van der Waals surface area contributed by atoms with Crippen molar-refractivity contribution in [1.29, 1.82) is 0 Å². The first-order valence-corrected chi connectivity index (χ1v) is 9.40. The Bertz CT molecular complexity index is 628. The van der Waals surface area contributed by atoms with Gasteiger partial charge in [0.05, 0.1) is 0 Å². The number of rotatable bonds is 1. The summed E-state index contributed by atoms with van der Waals surface area (Å²) in [6.07, 6.45) is 10.2. The van der Waals surface area contributed by atoms with Gasteiger partial charge >= 0.3 is 0 Å². The highest BCUT2D eigenvalue weighted by Gasteiger charge is 2.60. The van der Waals surface area contributed by atoms with Crippen LogP contribution in [-0.2, 0) is 4.79 Å². The van der Waals surface area contributed by atoms with E-state index in [2.05, 4.69) is 5.32 Å². The van der Waals surface area contributed by atoms with Gasteiger partial charge in [0.25, 0.3) is 11.8 Å². The van der Waals surface area contributed by atoms with Gasteiger partial charge in [0.1, 0.15) is 11.2 Å². The minimum Gasteiger partial charge on any atom is -0.280 e. The molecule has 2 spiro atoms. The summed E-state index contributed by atoms with van der Waals surface area (Å²) in [7, 11) is 0. The summed E-state index contributed by atoms with van der Waals surface area (Å²) in [5, 5.41) is 3.73. The first kappa shape index (κ1) is 15.8. The van der Waals surface area contributed by atoms with Crippen LogP contribution in [0.1, 0.15) is 74.6 Å². The fraction of sp³-hybridized carbons (Fsp3) is 0.600. The van der Waals surface area contributed by atoms with Crippen LogP contribution in [-0.4, -0.2) is 27.9 Å². The second kappa shape index (κ2) is 5.99. The van der Waals surface area contributed by atoms with Crippen molar-refractivity contribution in [2.75, 3.05) is 0 Å². The Balaban J connectivity index is 1.73. The molecule has 0 atom stereocenters. The number of hydrogen-bond acceptors (Lipinski definition) is 3. The Hall–Kier alpha value is -1.68. The second-order valence-electron chi connectivity index (χ2n) is 7.67. The molecule has 0 bridgehead atoms. The number of nitrogens with zero attached hydrogens (tertiary/aromatic N) is 1. The lowest BCUT2D eigenvalue weighted by Crippen LogP contribution is -2.57. The summed E-state index contributed by atoms with van der Waals surface area (Å²) in [6, 6.07) is 9.27. The molecule has 3 fully saturated rings. The van der Waals surface area contributed by atoms with Gasteiger partial charge in [-0.1, -0.05) is 43.9 Å². The average molecular weight is 326 g/mol. The van der Waals surface area contributed by atoms with Gasteiger partial charge in [-0.15, -0.1) is 0 Å². The standard InChI is InChI=1S/C20H26N2O2/c23-17(16-10-4-1-5-11-16)22-18(24)19(12-6-2-7-13-19)21-20(22)14-8-3-9-15-20/h1,4-5,10-11,21H,2-3,6-9,12-15H2. The highest BCUT2D eigenvalue weighted by Crippen LogP contribution is 2.45. The van der Waals surface area contributed by atoms with E-state index in [-0.39, 0.29) is 11.8 Å². The molecule has 1 heterocycles. The third kappa shape index (κ3) is 2.39. The largest absolute Gasteiger partial charge is 0.280 e. The van der Waals surface area contributed by atoms with Crippen LogP contribution in [0, 0.1) is 0 Å². The smallest absolute Gasteiger partial charge is 0.262 e. The maximum absolute atomic E-state index is 13.4. The van der Waals surface area contributed by atoms with E-state index in [1.165, 1.54) is 12.8 Å². The van der Waals surface area contributed by atoms with Crippen LogP contribution >= 0.6 is 0 Å². The van der Waals surface area contributed by atoms with E-state index in [9.17, 15) is 9.59 Å². The van der Waals surface area contributed by atoms with Crippen molar-refractivity contribution in [2.24, 2.45) is 0 Å². The van der Waals surface area contributed by atoms with E-state index in [4.69, 9.17) is 0 Å². The molecule has 4 rings (SSSR count). The van der Waals surface area contributed by atoms with Gasteiger partial charge < -0.3 is 0 Å². The zero-order valence-electron chi connectivity index (χ0n) is 14.2. The van der Waals surface area contributed by atoms with Gasteiger partial charge in [-0.2, -0.15) is 0 Å². The van der Waals surface area contributed by atoms with E-state index in [0.29, 0.717) is 5.56 Å². The van der Waals surface area contributed by atoms with Crippen molar-refractivity contribution in [3.8, 4) is 0 Å². The summed E-state index contributed by atoms with van der Waals surface area (Å²) in [5.41, 5.74) is -0.343. The minimum atomic E-state index is -0.500. The zero-order valence-corrected chi connectivity index (χ0v) is 14.2. The van der Waals surface area contributed by atoms with E-state index in [0.717, 1.165) is 51.4 Å². The molecular formula is C20H26N2O2. The lowest BCUT2D eigenvalue weighted by Gasteiger charge is -2.41. The maximum atomic E-state index is 13.4. The summed E-state index contributed by atoms with van der Waals surface area (Å²) in [5.74, 6) is -0.101. The SMILES string of the molecule is O=C(c1ccccc1)N1C(=O)C2(CCCCC2)NC12CCCCC2. The molecule has 0 radical (unpaired) electrons. The van der Waals surface area contributed by atoms with Crippen molar-refractivity contribution in [1.82, 2.24) is 10.2 Å². The Morgan fingerprint density at radius 2 is 1.46 bits per heavy atom. The molecule has 128 valence electrons. The molecule has 1 N–H and O–H groups in total. The lowest BCUT2D eigenvalue weighted by molar-refractivity contribution is -0.133. The third-order valence-electron chi connectivity index (χ3n) is 6.12. The van der Waals surface area contributed by atoms with Crippen LogP contribution in [0.3, 0.4) is 0 Å². The number of amides is 2. The van der Waals surface area contributed by atoms with Gasteiger partial charge in [0.2, 0.25) is 0 Å². The van der Waals surface area contributed by atoms with Gasteiger partial charge in [-0.3, -0.25) is 19.8 Å². The highest BCUT2D eigenvalue weighted by atomic mass is 16.2. The van der Waals surface area contributed by atoms with Gasteiger partial charge in [0, 0.05) is 5.56 Å². The van der Waals surface area contributed by atoms with Crippen LogP contribution in [0.4, 0.5) is 0 Å². The third-order valence-corrected chi connectivity index (χ3v) is 6.12.